The van der Waals surface area contributed by atoms with Crippen LogP contribution in [-0.4, -0.2) is 15.7 Å². The summed E-state index contributed by atoms with van der Waals surface area (Å²) in [5, 5.41) is 7.42. The lowest BCUT2D eigenvalue weighted by Gasteiger charge is -2.10. The van der Waals surface area contributed by atoms with Crippen molar-refractivity contribution in [3.8, 4) is 0 Å². The average molecular weight is 269 g/mol. The monoisotopic (exact) mass is 269 g/mol. The molecule has 0 atom stereocenters. The largest absolute Gasteiger partial charge is 0.320 e. The molecule has 0 fully saturated rings. The third-order valence-corrected chi connectivity index (χ3v) is 4.05. The van der Waals surface area contributed by atoms with Crippen LogP contribution in [0.4, 0.5) is 5.69 Å². The van der Waals surface area contributed by atoms with E-state index in [9.17, 15) is 4.79 Å². The highest BCUT2D eigenvalue weighted by molar-refractivity contribution is 6.05. The van der Waals surface area contributed by atoms with Crippen molar-refractivity contribution in [1.82, 2.24) is 9.78 Å². The van der Waals surface area contributed by atoms with Crippen molar-refractivity contribution in [1.29, 1.82) is 0 Å². The molecule has 0 saturated carbocycles. The zero-order valence-electron chi connectivity index (χ0n) is 12.2. The molecule has 1 N–H and O–H groups in total. The van der Waals surface area contributed by atoms with Crippen molar-refractivity contribution in [3.63, 3.8) is 0 Å². The number of hydrogen-bond acceptors (Lipinski definition) is 2. The summed E-state index contributed by atoms with van der Waals surface area (Å²) < 4.78 is 1.85. The van der Waals surface area contributed by atoms with Crippen LogP contribution in [0.15, 0.2) is 18.2 Å². The number of aromatic nitrogens is 2. The number of para-hydroxylation sites is 1. The molecule has 3 rings (SSSR count). The quantitative estimate of drug-likeness (QED) is 0.911. The van der Waals surface area contributed by atoms with Crippen molar-refractivity contribution in [2.24, 2.45) is 7.05 Å². The Morgan fingerprint density at radius 1 is 1.25 bits per heavy atom. The maximum Gasteiger partial charge on any atom is 0.276 e. The molecule has 1 aliphatic rings. The van der Waals surface area contributed by atoms with Crippen LogP contribution in [0.3, 0.4) is 0 Å². The number of nitrogens with one attached hydrogen (secondary N) is 1. The number of amides is 1. The molecule has 104 valence electrons. The lowest BCUT2D eigenvalue weighted by Crippen LogP contribution is -2.16. The summed E-state index contributed by atoms with van der Waals surface area (Å²) in [4.78, 5) is 12.5. The fraction of sp³-hybridized carbons (Fsp3) is 0.375. The predicted octanol–water partition coefficient (Wildman–Crippen LogP) is 2.78. The van der Waals surface area contributed by atoms with Crippen LogP contribution in [0.2, 0.25) is 0 Å². The number of rotatable bonds is 2. The highest BCUT2D eigenvalue weighted by Crippen LogP contribution is 2.26. The van der Waals surface area contributed by atoms with E-state index in [1.165, 1.54) is 5.69 Å². The summed E-state index contributed by atoms with van der Waals surface area (Å²) in [6.45, 7) is 4.01. The molecular formula is C16H19N3O. The molecule has 20 heavy (non-hydrogen) atoms. The van der Waals surface area contributed by atoms with Gasteiger partial charge in [-0.05, 0) is 44.2 Å². The van der Waals surface area contributed by atoms with Gasteiger partial charge in [-0.25, -0.2) is 0 Å². The van der Waals surface area contributed by atoms with Gasteiger partial charge in [-0.2, -0.15) is 5.10 Å². The minimum Gasteiger partial charge on any atom is -0.320 e. The summed E-state index contributed by atoms with van der Waals surface area (Å²) in [5.41, 5.74) is 5.96. The van der Waals surface area contributed by atoms with Gasteiger partial charge in [0.05, 0.1) is 0 Å². The molecule has 0 unspecified atom stereocenters. The number of aryl methyl sites for hydroxylation is 3. The average Bonchev–Trinajstić information content (AvgIpc) is 2.98. The first-order valence-electron chi connectivity index (χ1n) is 7.00. The van der Waals surface area contributed by atoms with Gasteiger partial charge in [0.25, 0.3) is 5.91 Å². The molecule has 1 heterocycles. The van der Waals surface area contributed by atoms with Gasteiger partial charge >= 0.3 is 0 Å². The summed E-state index contributed by atoms with van der Waals surface area (Å²) in [7, 11) is 1.92. The van der Waals surface area contributed by atoms with E-state index in [1.807, 2.05) is 43.8 Å². The Labute approximate surface area is 118 Å². The third-order valence-electron chi connectivity index (χ3n) is 4.05. The molecule has 4 nitrogen and oxygen atoms in total. The molecule has 1 amide bonds. The molecule has 1 aromatic heterocycles. The Balaban J connectivity index is 1.93. The van der Waals surface area contributed by atoms with Gasteiger partial charge in [0.1, 0.15) is 0 Å². The second-order valence-electron chi connectivity index (χ2n) is 5.47. The number of anilines is 1. The Bertz CT molecular complexity index is 665. The first kappa shape index (κ1) is 12.9. The summed E-state index contributed by atoms with van der Waals surface area (Å²) >= 11 is 0. The highest BCUT2D eigenvalue weighted by atomic mass is 16.2. The van der Waals surface area contributed by atoms with E-state index >= 15 is 0 Å². The van der Waals surface area contributed by atoms with E-state index in [1.54, 1.807) is 0 Å². The third kappa shape index (κ3) is 2.01. The summed E-state index contributed by atoms with van der Waals surface area (Å²) in [5.74, 6) is -0.0962. The SMILES string of the molecule is Cc1cccc(C)c1NC(=O)c1nn(C)c2c1CCC2. The smallest absolute Gasteiger partial charge is 0.276 e. The minimum absolute atomic E-state index is 0.0962. The van der Waals surface area contributed by atoms with Crippen molar-refractivity contribution in [2.75, 3.05) is 5.32 Å². The minimum atomic E-state index is -0.0962. The molecule has 0 saturated heterocycles. The van der Waals surface area contributed by atoms with Crippen LogP contribution in [0, 0.1) is 13.8 Å². The van der Waals surface area contributed by atoms with Crippen LogP contribution >= 0.6 is 0 Å². The van der Waals surface area contributed by atoms with Gasteiger partial charge < -0.3 is 5.32 Å². The van der Waals surface area contributed by atoms with Gasteiger partial charge in [0.2, 0.25) is 0 Å². The zero-order chi connectivity index (χ0) is 14.3. The predicted molar refractivity (Wildman–Crippen MR) is 79.1 cm³/mol. The van der Waals surface area contributed by atoms with Crippen molar-refractivity contribution in [2.45, 2.75) is 33.1 Å². The van der Waals surface area contributed by atoms with E-state index < -0.39 is 0 Å². The fourth-order valence-corrected chi connectivity index (χ4v) is 2.98. The Kier molecular flexibility index (Phi) is 3.08. The standard InChI is InChI=1S/C16H19N3O/c1-10-6-4-7-11(2)14(10)17-16(20)15-12-8-5-9-13(12)19(3)18-15/h4,6-7H,5,8-9H2,1-3H3,(H,17,20). The fourth-order valence-electron chi connectivity index (χ4n) is 2.98. The van der Waals surface area contributed by atoms with Crippen LogP contribution in [0.25, 0.3) is 0 Å². The molecule has 1 aromatic carbocycles. The Hall–Kier alpha value is -2.10. The normalized spacial score (nSPS) is 13.3. The molecule has 4 heteroatoms. The Morgan fingerprint density at radius 2 is 1.95 bits per heavy atom. The van der Waals surface area contributed by atoms with Gasteiger partial charge in [-0.1, -0.05) is 18.2 Å². The lowest BCUT2D eigenvalue weighted by molar-refractivity contribution is 0.102. The lowest BCUT2D eigenvalue weighted by atomic mass is 10.1. The van der Waals surface area contributed by atoms with Crippen LogP contribution < -0.4 is 5.32 Å². The number of fused-ring (bicyclic) bond motifs is 1. The maximum absolute atomic E-state index is 12.5. The van der Waals surface area contributed by atoms with Crippen molar-refractivity contribution >= 4 is 11.6 Å². The summed E-state index contributed by atoms with van der Waals surface area (Å²) in [6.07, 6.45) is 3.10. The zero-order valence-corrected chi connectivity index (χ0v) is 12.2. The topological polar surface area (TPSA) is 46.9 Å². The van der Waals surface area contributed by atoms with Gasteiger partial charge in [0.15, 0.2) is 5.69 Å². The van der Waals surface area contributed by atoms with Gasteiger partial charge in [0, 0.05) is 24.0 Å². The van der Waals surface area contributed by atoms with E-state index in [2.05, 4.69) is 10.4 Å². The molecule has 0 spiro atoms. The van der Waals surface area contributed by atoms with Crippen LogP contribution in [0.5, 0.6) is 0 Å². The molecular weight excluding hydrogens is 250 g/mol. The van der Waals surface area contributed by atoms with Crippen molar-refractivity contribution < 1.29 is 4.79 Å². The Morgan fingerprint density at radius 3 is 2.65 bits per heavy atom. The van der Waals surface area contributed by atoms with E-state index in [-0.39, 0.29) is 5.91 Å². The first-order valence-corrected chi connectivity index (χ1v) is 7.00. The van der Waals surface area contributed by atoms with E-state index in [0.29, 0.717) is 5.69 Å². The second kappa shape index (κ2) is 4.78. The molecule has 2 aromatic rings. The molecule has 0 aliphatic heterocycles. The number of carbonyl (C=O) groups excluding carboxylic acids is 1. The van der Waals surface area contributed by atoms with Crippen LogP contribution in [0.1, 0.15) is 39.3 Å². The number of benzene rings is 1. The van der Waals surface area contributed by atoms with E-state index in [0.717, 1.165) is 41.6 Å². The van der Waals surface area contributed by atoms with Gasteiger partial charge in [-0.3, -0.25) is 9.48 Å². The van der Waals surface area contributed by atoms with Crippen LogP contribution in [-0.2, 0) is 19.9 Å². The highest BCUT2D eigenvalue weighted by Gasteiger charge is 2.25. The molecule has 0 radical (unpaired) electrons. The maximum atomic E-state index is 12.5. The second-order valence-corrected chi connectivity index (χ2v) is 5.47. The first-order chi connectivity index (χ1) is 9.58. The van der Waals surface area contributed by atoms with Crippen molar-refractivity contribution in [3.05, 3.63) is 46.3 Å². The summed E-state index contributed by atoms with van der Waals surface area (Å²) in [6, 6.07) is 6.01. The molecule has 0 bridgehead atoms. The van der Waals surface area contributed by atoms with Gasteiger partial charge in [-0.15, -0.1) is 0 Å². The number of hydrogen-bond donors (Lipinski definition) is 1. The number of carbonyl (C=O) groups is 1. The molecule has 1 aliphatic carbocycles. The van der Waals surface area contributed by atoms with E-state index in [4.69, 9.17) is 0 Å². The number of nitrogens with zero attached hydrogens (tertiary/aromatic N) is 2.